The number of hydrogen-bond donors (Lipinski definition) is 6. The molecule has 2 heterocycles. The third-order valence-corrected chi connectivity index (χ3v) is 19.1. The van der Waals surface area contributed by atoms with Crippen LogP contribution in [0.4, 0.5) is 4.79 Å². The van der Waals surface area contributed by atoms with Gasteiger partial charge >= 0.3 is 6.09 Å². The number of morpholine rings is 1. The first-order valence-electron chi connectivity index (χ1n) is 36.1. The Bertz CT molecular complexity index is 2710. The zero-order chi connectivity index (χ0) is 76.7. The molecule has 14 atom stereocenters. The van der Waals surface area contributed by atoms with Gasteiger partial charge in [-0.05, 0) is 129 Å². The summed E-state index contributed by atoms with van der Waals surface area (Å²) in [5, 5.41) is 26.0. The number of ether oxygens (including phenoxy) is 3. The molecule has 100 heavy (non-hydrogen) atoms. The number of aliphatic hydroxyl groups is 1. The summed E-state index contributed by atoms with van der Waals surface area (Å²) in [6, 6.07) is -14.9. The van der Waals surface area contributed by atoms with Crippen molar-refractivity contribution in [1.29, 1.82) is 0 Å². The Hall–Kier alpha value is -6.72. The summed E-state index contributed by atoms with van der Waals surface area (Å²) < 4.78 is 17.2. The third kappa shape index (κ3) is 26.0. The molecule has 0 aromatic rings. The molecule has 0 unspecified atom stereocenters. The first kappa shape index (κ1) is 89.4. The van der Waals surface area contributed by atoms with Crippen molar-refractivity contribution in [2.75, 3.05) is 95.4 Å². The van der Waals surface area contributed by atoms with Crippen molar-refractivity contribution in [2.45, 2.75) is 254 Å². The van der Waals surface area contributed by atoms with E-state index in [0.717, 1.165) is 40.8 Å². The summed E-state index contributed by atoms with van der Waals surface area (Å²) in [5.41, 5.74) is 0. The van der Waals surface area contributed by atoms with Crippen LogP contribution >= 0.6 is 0 Å². The van der Waals surface area contributed by atoms with Gasteiger partial charge in [-0.15, -0.1) is 0 Å². The van der Waals surface area contributed by atoms with Crippen molar-refractivity contribution in [3.8, 4) is 0 Å². The number of rotatable bonds is 22. The van der Waals surface area contributed by atoms with Crippen molar-refractivity contribution in [3.63, 3.8) is 0 Å². The average Bonchev–Trinajstić information content (AvgIpc) is 0.806. The van der Waals surface area contributed by atoms with Crippen LogP contribution in [-0.4, -0.2) is 295 Å². The lowest BCUT2D eigenvalue weighted by Crippen LogP contribution is -2.64. The van der Waals surface area contributed by atoms with Crippen LogP contribution in [-0.2, 0) is 67.0 Å². The summed E-state index contributed by atoms with van der Waals surface area (Å²) in [5.74, 6) is -10.8. The van der Waals surface area contributed by atoms with Gasteiger partial charge in [0.15, 0.2) is 0 Å². The fraction of sp³-hybridized carbons (Fsp3) is 0.831. The highest BCUT2D eigenvalue weighted by atomic mass is 16.5. The monoisotopic (exact) mass is 1420 g/mol. The van der Waals surface area contributed by atoms with E-state index in [4.69, 9.17) is 14.2 Å². The molecule has 0 aromatic carbocycles. The molecular weight excluding hydrogens is 1290 g/mol. The lowest BCUT2D eigenvalue weighted by atomic mass is 9.91. The van der Waals surface area contributed by atoms with Crippen LogP contribution in [0.25, 0.3) is 0 Å². The Kier molecular flexibility index (Phi) is 37.5. The molecule has 2 aliphatic heterocycles. The van der Waals surface area contributed by atoms with Crippen LogP contribution in [0.5, 0.6) is 0 Å². The Morgan fingerprint density at radius 2 is 0.990 bits per heavy atom. The van der Waals surface area contributed by atoms with Crippen molar-refractivity contribution in [3.05, 3.63) is 0 Å². The van der Waals surface area contributed by atoms with Crippen LogP contribution in [0.3, 0.4) is 0 Å². The van der Waals surface area contributed by atoms with Crippen molar-refractivity contribution in [2.24, 2.45) is 35.5 Å². The van der Waals surface area contributed by atoms with Crippen LogP contribution in [0.15, 0.2) is 0 Å². The second-order valence-electron chi connectivity index (χ2n) is 29.9. The van der Waals surface area contributed by atoms with Gasteiger partial charge in [-0.25, -0.2) is 4.79 Å². The minimum atomic E-state index is -1.78. The number of hydrogen-bond acceptors (Lipinski definition) is 17. The molecule has 574 valence electrons. The Morgan fingerprint density at radius 3 is 1.50 bits per heavy atom. The maximum atomic E-state index is 15.4. The third-order valence-electron chi connectivity index (χ3n) is 19.1. The van der Waals surface area contributed by atoms with E-state index in [2.05, 4.69) is 31.5 Å². The molecule has 0 bridgehead atoms. The first-order valence-corrected chi connectivity index (χ1v) is 36.1. The number of carbonyl (C=O) groups excluding carboxylic acids is 12. The lowest BCUT2D eigenvalue weighted by molar-refractivity contribution is -0.157. The number of aliphatic hydroxyl groups excluding tert-OH is 1. The standard InChI is InChI=1S/C71H129N13O16/c1-26-51-66(92)77(19)49(17)65(91)82(24)57(50(18)99-33-28-27-30-84-31-35-98-36-32-84)62(88)76-55(43(8)9)69(95)78(20)52(37-40(2)3)61(87)73-47(15)60(86)74-48(16)64(90)79(21)53(38-41(4)5)67(93)80(22)54(39-42(6)7)68(94)81(23)56(44(10)11)70(96)83(25)58(63(89)75-51)59(85)46(14)29-34-100-71(97)72-45(12)13/h40-59,85H,26-39H2,1-25H3,(H,72,97)(H,73,87)(H,74,86)(H,75,89)(H,76,88)/t46-,47+,48-,49-,50-,51+,52+,53+,54+,55+,56+,57+,58+,59-/m1/s1. The Balaban J connectivity index is 3.03. The summed E-state index contributed by atoms with van der Waals surface area (Å²) in [6.45, 7) is 34.2. The highest BCUT2D eigenvalue weighted by molar-refractivity contribution is 6.00. The number of carbonyl (C=O) groups is 12. The molecule has 0 radical (unpaired) electrons. The fourth-order valence-corrected chi connectivity index (χ4v) is 12.6. The summed E-state index contributed by atoms with van der Waals surface area (Å²) in [4.78, 5) is 187. The largest absolute Gasteiger partial charge is 0.450 e. The van der Waals surface area contributed by atoms with E-state index in [1.165, 1.54) is 89.7 Å². The van der Waals surface area contributed by atoms with E-state index in [1.807, 2.05) is 41.5 Å². The molecule has 2 rings (SSSR count). The molecule has 0 spiro atoms. The molecule has 2 saturated heterocycles. The lowest BCUT2D eigenvalue weighted by Gasteiger charge is -2.41. The minimum Gasteiger partial charge on any atom is -0.450 e. The van der Waals surface area contributed by atoms with Crippen LogP contribution in [0.1, 0.15) is 170 Å². The topological polar surface area (TPSA) is 339 Å². The van der Waals surface area contributed by atoms with E-state index in [0.29, 0.717) is 19.6 Å². The van der Waals surface area contributed by atoms with Gasteiger partial charge in [-0.2, -0.15) is 0 Å². The van der Waals surface area contributed by atoms with Gasteiger partial charge in [-0.1, -0.05) is 83.1 Å². The molecule has 12 amide bonds. The minimum absolute atomic E-state index is 0.000561. The summed E-state index contributed by atoms with van der Waals surface area (Å²) in [6.07, 6.45) is -1.80. The number of amides is 12. The van der Waals surface area contributed by atoms with E-state index in [1.54, 1.807) is 62.3 Å². The predicted molar refractivity (Wildman–Crippen MR) is 380 cm³/mol. The van der Waals surface area contributed by atoms with Gasteiger partial charge in [-0.3, -0.25) is 57.6 Å². The van der Waals surface area contributed by atoms with Gasteiger partial charge < -0.3 is 80.2 Å². The van der Waals surface area contributed by atoms with E-state index < -0.39 is 167 Å². The van der Waals surface area contributed by atoms with Crippen molar-refractivity contribution in [1.82, 2.24) is 65.8 Å². The smallest absolute Gasteiger partial charge is 0.407 e. The number of alkyl carbamates (subject to hydrolysis) is 1. The van der Waals surface area contributed by atoms with E-state index in [-0.39, 0.29) is 69.1 Å². The van der Waals surface area contributed by atoms with Gasteiger partial charge in [0.2, 0.25) is 65.0 Å². The van der Waals surface area contributed by atoms with Crippen molar-refractivity contribution < 1.29 is 76.9 Å². The molecule has 0 aliphatic carbocycles. The van der Waals surface area contributed by atoms with Crippen molar-refractivity contribution >= 4 is 71.1 Å². The summed E-state index contributed by atoms with van der Waals surface area (Å²) >= 11 is 0. The van der Waals surface area contributed by atoms with Crippen LogP contribution in [0.2, 0.25) is 0 Å². The SMILES string of the molecule is CC[C@@H]1NC(=O)[C@H]([C@H](O)[C@H](C)CCOC(=O)NC(C)C)N(C)C(=O)[C@H](C(C)C)N(C)C(=O)[C@H](CC(C)C)N(C)C(=O)[C@H](CC(C)C)N(C)C(=O)[C@@H](C)NC(=O)[C@H](C)NC(=O)[C@H](CC(C)C)N(C)C(=O)[C@H](C(C)C)NC(=O)[C@H]([C@@H](C)OCCCCN2CCOCC2)N(C)C(=O)[C@@H](C)N(C)C1=O. The Morgan fingerprint density at radius 1 is 0.510 bits per heavy atom. The Labute approximate surface area is 596 Å². The molecule has 0 saturated carbocycles. The molecule has 2 aliphatic rings. The zero-order valence-electron chi connectivity index (χ0n) is 65.1. The number of nitrogens with one attached hydrogen (secondary N) is 5. The molecule has 29 nitrogen and oxygen atoms in total. The molecule has 0 aromatic heterocycles. The highest BCUT2D eigenvalue weighted by Crippen LogP contribution is 2.26. The zero-order valence-corrected chi connectivity index (χ0v) is 65.1. The predicted octanol–water partition coefficient (Wildman–Crippen LogP) is 2.69. The first-order chi connectivity index (χ1) is 46.5. The van der Waals surface area contributed by atoms with Gasteiger partial charge in [0.1, 0.15) is 66.5 Å². The second kappa shape index (κ2) is 42.0. The molecular formula is C71H129N13O16. The maximum Gasteiger partial charge on any atom is 0.407 e. The number of unbranched alkanes of at least 4 members (excludes halogenated alkanes) is 1. The normalized spacial score (nSPS) is 26.7. The average molecular weight is 1420 g/mol. The van der Waals surface area contributed by atoms with E-state index in [9.17, 15) is 33.9 Å². The van der Waals surface area contributed by atoms with E-state index >= 15 is 28.8 Å². The van der Waals surface area contributed by atoms with Gasteiger partial charge in [0.05, 0.1) is 32.0 Å². The summed E-state index contributed by atoms with van der Waals surface area (Å²) in [7, 11) is 9.71. The number of likely N-dealkylation sites (N-methyl/N-ethyl adjacent to an activating group) is 7. The maximum absolute atomic E-state index is 15.4. The molecule has 2 fully saturated rings. The molecule has 29 heteroatoms. The second-order valence-corrected chi connectivity index (χ2v) is 29.9. The quantitative estimate of drug-likeness (QED) is 0.0849. The van der Waals surface area contributed by atoms with Crippen LogP contribution < -0.4 is 26.6 Å². The van der Waals surface area contributed by atoms with Gasteiger partial charge in [0.25, 0.3) is 0 Å². The fourth-order valence-electron chi connectivity index (χ4n) is 12.6. The molecule has 6 N–H and O–H groups in total. The number of nitrogens with zero attached hydrogens (tertiary/aromatic N) is 8. The van der Waals surface area contributed by atoms with Crippen LogP contribution in [0, 0.1) is 35.5 Å². The van der Waals surface area contributed by atoms with Gasteiger partial charge in [0, 0.05) is 75.1 Å². The highest BCUT2D eigenvalue weighted by Gasteiger charge is 2.47.